The molecule has 2 aromatic rings. The third-order valence-electron chi connectivity index (χ3n) is 4.67. The molecule has 0 aromatic heterocycles. The van der Waals surface area contributed by atoms with Gasteiger partial charge in [-0.05, 0) is 18.6 Å². The molecular weight excluding hydrogens is 374 g/mol. The molecule has 0 N–H and O–H groups in total. The van der Waals surface area contributed by atoms with Gasteiger partial charge in [0.25, 0.3) is 0 Å². The fourth-order valence-electron chi connectivity index (χ4n) is 3.25. The number of para-hydroxylation sites is 1. The van der Waals surface area contributed by atoms with E-state index < -0.39 is 17.9 Å². The topological polar surface area (TPSA) is 63.7 Å². The summed E-state index contributed by atoms with van der Waals surface area (Å²) in [6.45, 7) is 3.81. The standard InChI is InChI=1S/C22H23NO4S/c1-3-27-21(25)19-13-17-11-7-8-12-18(17)23(19)20(24)15(2)14-28-22(26)16-9-5-4-6-10-16/h4-12,15,19H,3,13-14H2,1-2H3/t15-,19+/m1/s1. The van der Waals surface area contributed by atoms with E-state index in [9.17, 15) is 14.4 Å². The van der Waals surface area contributed by atoms with E-state index in [1.165, 1.54) is 0 Å². The Bertz CT molecular complexity index is 868. The lowest BCUT2D eigenvalue weighted by atomic mass is 10.1. The zero-order chi connectivity index (χ0) is 20.1. The monoisotopic (exact) mass is 397 g/mol. The van der Waals surface area contributed by atoms with E-state index in [2.05, 4.69) is 0 Å². The Balaban J connectivity index is 1.72. The molecular formula is C22H23NO4S. The SMILES string of the molecule is CCOC(=O)[C@@H]1Cc2ccccc2N1C(=O)[C@H](C)CSC(=O)c1ccccc1. The van der Waals surface area contributed by atoms with Crippen LogP contribution >= 0.6 is 11.8 Å². The number of carbonyl (C=O) groups is 3. The number of nitrogens with zero attached hydrogens (tertiary/aromatic N) is 1. The highest BCUT2D eigenvalue weighted by Crippen LogP contribution is 2.34. The molecule has 0 fully saturated rings. The highest BCUT2D eigenvalue weighted by Gasteiger charge is 2.40. The van der Waals surface area contributed by atoms with Crippen LogP contribution in [0.1, 0.15) is 29.8 Å². The molecule has 28 heavy (non-hydrogen) atoms. The van der Waals surface area contributed by atoms with Crippen molar-refractivity contribution >= 4 is 34.4 Å². The van der Waals surface area contributed by atoms with E-state index in [1.807, 2.05) is 42.5 Å². The molecule has 1 heterocycles. The van der Waals surface area contributed by atoms with Crippen molar-refractivity contribution in [3.63, 3.8) is 0 Å². The molecule has 146 valence electrons. The van der Waals surface area contributed by atoms with Gasteiger partial charge in [-0.2, -0.15) is 0 Å². The molecule has 0 radical (unpaired) electrons. The first-order chi connectivity index (χ1) is 13.5. The molecule has 0 bridgehead atoms. The average Bonchev–Trinajstić information content (AvgIpc) is 3.11. The largest absolute Gasteiger partial charge is 0.464 e. The van der Waals surface area contributed by atoms with Gasteiger partial charge in [-0.3, -0.25) is 14.5 Å². The van der Waals surface area contributed by atoms with Crippen molar-refractivity contribution in [3.05, 3.63) is 65.7 Å². The summed E-state index contributed by atoms with van der Waals surface area (Å²) < 4.78 is 5.18. The van der Waals surface area contributed by atoms with E-state index in [0.29, 0.717) is 17.7 Å². The Kier molecular flexibility index (Phi) is 6.52. The van der Waals surface area contributed by atoms with Crippen LogP contribution in [0.15, 0.2) is 54.6 Å². The van der Waals surface area contributed by atoms with Gasteiger partial charge in [-0.15, -0.1) is 0 Å². The fraction of sp³-hybridized carbons (Fsp3) is 0.318. The Hall–Kier alpha value is -2.60. The van der Waals surface area contributed by atoms with Crippen LogP contribution in [0.4, 0.5) is 5.69 Å². The summed E-state index contributed by atoms with van der Waals surface area (Å²) in [6, 6.07) is 15.9. The van der Waals surface area contributed by atoms with Crippen LogP contribution in [0, 0.1) is 5.92 Å². The lowest BCUT2D eigenvalue weighted by Crippen LogP contribution is -2.46. The van der Waals surface area contributed by atoms with Crippen LogP contribution < -0.4 is 4.90 Å². The lowest BCUT2D eigenvalue weighted by Gasteiger charge is -2.26. The minimum atomic E-state index is -0.651. The van der Waals surface area contributed by atoms with Crippen LogP contribution in [-0.4, -0.2) is 35.4 Å². The third-order valence-corrected chi connectivity index (χ3v) is 5.83. The van der Waals surface area contributed by atoms with Crippen molar-refractivity contribution in [2.75, 3.05) is 17.3 Å². The summed E-state index contributed by atoms with van der Waals surface area (Å²) >= 11 is 1.12. The van der Waals surface area contributed by atoms with Gasteiger partial charge < -0.3 is 4.74 Å². The number of rotatable bonds is 6. The molecule has 1 amide bonds. The second kappa shape index (κ2) is 9.06. The molecule has 0 aliphatic carbocycles. The van der Waals surface area contributed by atoms with Crippen molar-refractivity contribution < 1.29 is 19.1 Å². The minimum absolute atomic E-state index is 0.0657. The summed E-state index contributed by atoms with van der Waals surface area (Å²) in [6.07, 6.45) is 0.448. The molecule has 0 saturated carbocycles. The van der Waals surface area contributed by atoms with Crippen molar-refractivity contribution in [3.8, 4) is 0 Å². The number of carbonyl (C=O) groups excluding carboxylic acids is 3. The van der Waals surface area contributed by atoms with Gasteiger partial charge in [0, 0.05) is 29.3 Å². The quantitative estimate of drug-likeness (QED) is 0.695. The number of thioether (sulfide) groups is 1. The molecule has 1 aliphatic heterocycles. The molecule has 3 rings (SSSR count). The van der Waals surface area contributed by atoms with Crippen molar-refractivity contribution in [1.82, 2.24) is 0 Å². The van der Waals surface area contributed by atoms with Crippen molar-refractivity contribution in [2.24, 2.45) is 5.92 Å². The van der Waals surface area contributed by atoms with E-state index in [-0.39, 0.29) is 17.6 Å². The first-order valence-corrected chi connectivity index (χ1v) is 10.3. The number of anilines is 1. The molecule has 6 heteroatoms. The summed E-state index contributed by atoms with van der Waals surface area (Å²) in [4.78, 5) is 39.5. The third kappa shape index (κ3) is 4.28. The Labute approximate surface area is 169 Å². The maximum Gasteiger partial charge on any atom is 0.329 e. The van der Waals surface area contributed by atoms with Crippen LogP contribution in [-0.2, 0) is 20.7 Å². The van der Waals surface area contributed by atoms with Gasteiger partial charge in [0.05, 0.1) is 6.61 Å². The van der Waals surface area contributed by atoms with Gasteiger partial charge in [0.1, 0.15) is 6.04 Å². The van der Waals surface area contributed by atoms with Gasteiger partial charge in [0.2, 0.25) is 11.0 Å². The van der Waals surface area contributed by atoms with Crippen LogP contribution in [0.5, 0.6) is 0 Å². The Morgan fingerprint density at radius 1 is 1.11 bits per heavy atom. The highest BCUT2D eigenvalue weighted by molar-refractivity contribution is 8.14. The van der Waals surface area contributed by atoms with Crippen molar-refractivity contribution in [2.45, 2.75) is 26.3 Å². The van der Waals surface area contributed by atoms with Gasteiger partial charge in [-0.25, -0.2) is 4.79 Å². The number of amides is 1. The lowest BCUT2D eigenvalue weighted by molar-refractivity contribution is -0.145. The number of esters is 1. The summed E-state index contributed by atoms with van der Waals surface area (Å²) in [5.74, 6) is -0.634. The first kappa shape index (κ1) is 20.1. The van der Waals surface area contributed by atoms with Gasteiger partial charge in [-0.1, -0.05) is 67.2 Å². The first-order valence-electron chi connectivity index (χ1n) is 9.32. The number of fused-ring (bicyclic) bond motifs is 1. The zero-order valence-corrected chi connectivity index (χ0v) is 16.8. The molecule has 0 unspecified atom stereocenters. The Morgan fingerprint density at radius 3 is 2.50 bits per heavy atom. The summed E-state index contributed by atoms with van der Waals surface area (Å²) in [7, 11) is 0. The molecule has 0 saturated heterocycles. The number of hydrogen-bond donors (Lipinski definition) is 0. The maximum absolute atomic E-state index is 13.2. The van der Waals surface area contributed by atoms with Crippen molar-refractivity contribution in [1.29, 1.82) is 0 Å². The predicted octanol–water partition coefficient (Wildman–Crippen LogP) is 3.72. The summed E-state index contributed by atoms with van der Waals surface area (Å²) in [5.41, 5.74) is 2.31. The zero-order valence-electron chi connectivity index (χ0n) is 16.0. The normalized spacial score (nSPS) is 16.4. The van der Waals surface area contributed by atoms with E-state index >= 15 is 0 Å². The minimum Gasteiger partial charge on any atom is -0.464 e. The second-order valence-electron chi connectivity index (χ2n) is 6.67. The van der Waals surface area contributed by atoms with E-state index in [4.69, 9.17) is 4.74 Å². The molecule has 2 atom stereocenters. The number of benzene rings is 2. The van der Waals surface area contributed by atoms with Gasteiger partial charge in [0.15, 0.2) is 0 Å². The van der Waals surface area contributed by atoms with Crippen LogP contribution in [0.3, 0.4) is 0 Å². The Morgan fingerprint density at radius 2 is 1.79 bits per heavy atom. The number of hydrogen-bond acceptors (Lipinski definition) is 5. The molecule has 2 aromatic carbocycles. The average molecular weight is 397 g/mol. The fourth-order valence-corrected chi connectivity index (χ4v) is 4.10. The molecule has 0 spiro atoms. The highest BCUT2D eigenvalue weighted by atomic mass is 32.2. The smallest absolute Gasteiger partial charge is 0.329 e. The molecule has 5 nitrogen and oxygen atoms in total. The molecule has 1 aliphatic rings. The van der Waals surface area contributed by atoms with Crippen LogP contribution in [0.25, 0.3) is 0 Å². The van der Waals surface area contributed by atoms with Crippen LogP contribution in [0.2, 0.25) is 0 Å². The van der Waals surface area contributed by atoms with E-state index in [1.54, 1.807) is 30.9 Å². The summed E-state index contributed by atoms with van der Waals surface area (Å²) in [5, 5.41) is -0.0657. The second-order valence-corrected chi connectivity index (χ2v) is 7.67. The number of ether oxygens (including phenoxy) is 1. The van der Waals surface area contributed by atoms with Gasteiger partial charge >= 0.3 is 5.97 Å². The predicted molar refractivity (Wildman–Crippen MR) is 110 cm³/mol. The maximum atomic E-state index is 13.2. The van der Waals surface area contributed by atoms with E-state index in [0.717, 1.165) is 23.0 Å².